The van der Waals surface area contributed by atoms with Gasteiger partial charge in [0.2, 0.25) is 0 Å². The molecule has 0 aliphatic heterocycles. The first-order valence-electron chi connectivity index (χ1n) is 6.26. The SMILES string of the molecule is C=CCCC(O)CNC1CCCCC1C. The fourth-order valence-electron chi connectivity index (χ4n) is 2.32. The van der Waals surface area contributed by atoms with Gasteiger partial charge in [-0.2, -0.15) is 0 Å². The number of rotatable bonds is 6. The van der Waals surface area contributed by atoms with Crippen molar-refractivity contribution in [2.75, 3.05) is 6.54 Å². The zero-order valence-electron chi connectivity index (χ0n) is 9.91. The van der Waals surface area contributed by atoms with Gasteiger partial charge in [0.15, 0.2) is 0 Å². The lowest BCUT2D eigenvalue weighted by molar-refractivity contribution is 0.148. The van der Waals surface area contributed by atoms with Crippen LogP contribution >= 0.6 is 0 Å². The Morgan fingerprint density at radius 1 is 1.47 bits per heavy atom. The Hall–Kier alpha value is -0.340. The predicted molar refractivity (Wildman–Crippen MR) is 64.9 cm³/mol. The van der Waals surface area contributed by atoms with Crippen LogP contribution in [0.1, 0.15) is 45.4 Å². The van der Waals surface area contributed by atoms with Crippen LogP contribution in [0.3, 0.4) is 0 Å². The molecule has 0 heterocycles. The van der Waals surface area contributed by atoms with E-state index in [4.69, 9.17) is 0 Å². The van der Waals surface area contributed by atoms with Crippen LogP contribution in [0.5, 0.6) is 0 Å². The van der Waals surface area contributed by atoms with Crippen LogP contribution in [0.15, 0.2) is 12.7 Å². The molecule has 3 unspecified atom stereocenters. The van der Waals surface area contributed by atoms with Crippen LogP contribution in [-0.2, 0) is 0 Å². The van der Waals surface area contributed by atoms with Gasteiger partial charge in [-0.3, -0.25) is 0 Å². The maximum Gasteiger partial charge on any atom is 0.0667 e. The summed E-state index contributed by atoms with van der Waals surface area (Å²) in [4.78, 5) is 0. The van der Waals surface area contributed by atoms with Crippen LogP contribution in [0.4, 0.5) is 0 Å². The molecule has 2 nitrogen and oxygen atoms in total. The lowest BCUT2D eigenvalue weighted by Gasteiger charge is -2.30. The molecule has 2 N–H and O–H groups in total. The molecule has 0 spiro atoms. The van der Waals surface area contributed by atoms with Gasteiger partial charge in [-0.05, 0) is 31.6 Å². The van der Waals surface area contributed by atoms with Crippen LogP contribution < -0.4 is 5.32 Å². The zero-order chi connectivity index (χ0) is 11.1. The number of allylic oxidation sites excluding steroid dienone is 1. The molecule has 0 aromatic carbocycles. The quantitative estimate of drug-likeness (QED) is 0.662. The lowest BCUT2D eigenvalue weighted by atomic mass is 9.86. The van der Waals surface area contributed by atoms with E-state index < -0.39 is 0 Å². The fraction of sp³-hybridized carbons (Fsp3) is 0.846. The van der Waals surface area contributed by atoms with E-state index in [0.29, 0.717) is 6.04 Å². The monoisotopic (exact) mass is 211 g/mol. The van der Waals surface area contributed by atoms with E-state index in [1.165, 1.54) is 25.7 Å². The van der Waals surface area contributed by atoms with Crippen molar-refractivity contribution in [3.63, 3.8) is 0 Å². The Labute approximate surface area is 93.8 Å². The van der Waals surface area contributed by atoms with Gasteiger partial charge in [-0.1, -0.05) is 25.8 Å². The Morgan fingerprint density at radius 2 is 2.20 bits per heavy atom. The maximum atomic E-state index is 9.69. The summed E-state index contributed by atoms with van der Waals surface area (Å²) in [6.07, 6.45) is 8.71. The van der Waals surface area contributed by atoms with Crippen molar-refractivity contribution in [2.45, 2.75) is 57.6 Å². The molecule has 0 aromatic rings. The Balaban J connectivity index is 2.14. The van der Waals surface area contributed by atoms with E-state index in [9.17, 15) is 5.11 Å². The van der Waals surface area contributed by atoms with E-state index in [-0.39, 0.29) is 6.10 Å². The first-order chi connectivity index (χ1) is 7.24. The molecule has 15 heavy (non-hydrogen) atoms. The minimum Gasteiger partial charge on any atom is -0.392 e. The topological polar surface area (TPSA) is 32.3 Å². The molecule has 1 aliphatic rings. The summed E-state index contributed by atoms with van der Waals surface area (Å²) in [5, 5.41) is 13.2. The lowest BCUT2D eigenvalue weighted by Crippen LogP contribution is -2.41. The average molecular weight is 211 g/mol. The summed E-state index contributed by atoms with van der Waals surface area (Å²) in [6, 6.07) is 0.622. The summed E-state index contributed by atoms with van der Waals surface area (Å²) < 4.78 is 0. The van der Waals surface area contributed by atoms with E-state index in [1.54, 1.807) is 0 Å². The first-order valence-corrected chi connectivity index (χ1v) is 6.26. The number of nitrogens with one attached hydrogen (secondary N) is 1. The highest BCUT2D eigenvalue weighted by molar-refractivity contribution is 4.79. The highest BCUT2D eigenvalue weighted by Gasteiger charge is 2.20. The van der Waals surface area contributed by atoms with Crippen LogP contribution in [0.2, 0.25) is 0 Å². The molecule has 1 rings (SSSR count). The van der Waals surface area contributed by atoms with E-state index in [1.807, 2.05) is 6.08 Å². The third-order valence-electron chi connectivity index (χ3n) is 3.43. The van der Waals surface area contributed by atoms with Gasteiger partial charge in [-0.25, -0.2) is 0 Å². The highest BCUT2D eigenvalue weighted by Crippen LogP contribution is 2.23. The Bertz CT molecular complexity index is 181. The normalized spacial score (nSPS) is 28.7. The molecule has 1 fully saturated rings. The third kappa shape index (κ3) is 4.80. The summed E-state index contributed by atoms with van der Waals surface area (Å²) in [6.45, 7) is 6.71. The van der Waals surface area contributed by atoms with Gasteiger partial charge in [0.05, 0.1) is 6.10 Å². The van der Waals surface area contributed by atoms with Gasteiger partial charge in [0.1, 0.15) is 0 Å². The average Bonchev–Trinajstić information content (AvgIpc) is 2.25. The molecular weight excluding hydrogens is 186 g/mol. The van der Waals surface area contributed by atoms with Gasteiger partial charge >= 0.3 is 0 Å². The van der Waals surface area contributed by atoms with Crippen LogP contribution in [-0.4, -0.2) is 23.8 Å². The zero-order valence-corrected chi connectivity index (χ0v) is 9.91. The molecule has 2 heteroatoms. The van der Waals surface area contributed by atoms with Crippen molar-refractivity contribution < 1.29 is 5.11 Å². The minimum atomic E-state index is -0.211. The number of hydrogen-bond acceptors (Lipinski definition) is 2. The summed E-state index contributed by atoms with van der Waals surface area (Å²) in [5.74, 6) is 0.769. The molecular formula is C13H25NO. The van der Waals surface area contributed by atoms with E-state index in [0.717, 1.165) is 25.3 Å². The minimum absolute atomic E-state index is 0.211. The van der Waals surface area contributed by atoms with Gasteiger partial charge < -0.3 is 10.4 Å². The Morgan fingerprint density at radius 3 is 2.87 bits per heavy atom. The molecule has 0 saturated heterocycles. The second kappa shape index (κ2) is 7.02. The number of aliphatic hydroxyl groups excluding tert-OH is 1. The first kappa shape index (κ1) is 12.7. The summed E-state index contributed by atoms with van der Waals surface area (Å²) >= 11 is 0. The largest absolute Gasteiger partial charge is 0.392 e. The maximum absolute atomic E-state index is 9.69. The highest BCUT2D eigenvalue weighted by atomic mass is 16.3. The summed E-state index contributed by atoms with van der Waals surface area (Å²) in [5.41, 5.74) is 0. The van der Waals surface area contributed by atoms with Crippen molar-refractivity contribution in [2.24, 2.45) is 5.92 Å². The predicted octanol–water partition coefficient (Wildman–Crippen LogP) is 2.48. The smallest absolute Gasteiger partial charge is 0.0667 e. The molecule has 88 valence electrons. The molecule has 1 aliphatic carbocycles. The second-order valence-corrected chi connectivity index (χ2v) is 4.80. The van der Waals surface area contributed by atoms with Gasteiger partial charge in [-0.15, -0.1) is 6.58 Å². The van der Waals surface area contributed by atoms with E-state index in [2.05, 4.69) is 18.8 Å². The molecule has 0 aromatic heterocycles. The van der Waals surface area contributed by atoms with Crippen LogP contribution in [0.25, 0.3) is 0 Å². The van der Waals surface area contributed by atoms with Crippen LogP contribution in [0, 0.1) is 5.92 Å². The van der Waals surface area contributed by atoms with E-state index >= 15 is 0 Å². The van der Waals surface area contributed by atoms with Crippen molar-refractivity contribution in [1.82, 2.24) is 5.32 Å². The fourth-order valence-corrected chi connectivity index (χ4v) is 2.32. The van der Waals surface area contributed by atoms with Gasteiger partial charge in [0, 0.05) is 12.6 Å². The Kier molecular flexibility index (Phi) is 5.96. The molecule has 0 bridgehead atoms. The third-order valence-corrected chi connectivity index (χ3v) is 3.43. The molecule has 1 saturated carbocycles. The number of aliphatic hydroxyl groups is 1. The molecule has 0 amide bonds. The van der Waals surface area contributed by atoms with Crippen molar-refractivity contribution in [3.8, 4) is 0 Å². The molecule has 3 atom stereocenters. The second-order valence-electron chi connectivity index (χ2n) is 4.80. The van der Waals surface area contributed by atoms with Gasteiger partial charge in [0.25, 0.3) is 0 Å². The van der Waals surface area contributed by atoms with Crippen molar-refractivity contribution in [1.29, 1.82) is 0 Å². The summed E-state index contributed by atoms with van der Waals surface area (Å²) in [7, 11) is 0. The molecule has 0 radical (unpaired) electrons. The standard InChI is InChI=1S/C13H25NO/c1-3-4-8-12(15)10-14-13-9-6-5-7-11(13)2/h3,11-15H,1,4-10H2,2H3. The van der Waals surface area contributed by atoms with Crippen molar-refractivity contribution >= 4 is 0 Å². The van der Waals surface area contributed by atoms with Crippen molar-refractivity contribution in [3.05, 3.63) is 12.7 Å². The number of hydrogen-bond donors (Lipinski definition) is 2.